The van der Waals surface area contributed by atoms with Gasteiger partial charge < -0.3 is 15.0 Å². The molecule has 1 saturated heterocycles. The molecule has 0 saturated carbocycles. The first-order chi connectivity index (χ1) is 12.7. The van der Waals surface area contributed by atoms with E-state index in [1.165, 1.54) is 12.1 Å². The molecule has 1 fully saturated rings. The van der Waals surface area contributed by atoms with E-state index < -0.39 is 0 Å². The van der Waals surface area contributed by atoms with Crippen LogP contribution in [0.15, 0.2) is 53.4 Å². The number of carbonyl (C=O) groups excluding carboxylic acids is 1. The number of para-hydroxylation sites is 1. The molecule has 1 N–H and O–H groups in total. The van der Waals surface area contributed by atoms with Crippen LogP contribution in [-0.4, -0.2) is 43.3 Å². The number of halogens is 2. The highest BCUT2D eigenvalue weighted by molar-refractivity contribution is 7.99. The monoisotopic (exact) mass is 410 g/mol. The van der Waals surface area contributed by atoms with Gasteiger partial charge in [-0.3, -0.25) is 4.79 Å². The summed E-state index contributed by atoms with van der Waals surface area (Å²) in [6.45, 7) is 2.20. The van der Waals surface area contributed by atoms with E-state index in [9.17, 15) is 9.18 Å². The molecule has 1 heterocycles. The first kappa shape index (κ1) is 21.5. The van der Waals surface area contributed by atoms with Crippen molar-refractivity contribution in [3.63, 3.8) is 0 Å². The van der Waals surface area contributed by atoms with Gasteiger partial charge in [0.15, 0.2) is 0 Å². The smallest absolute Gasteiger partial charge is 0.224 e. The van der Waals surface area contributed by atoms with Crippen LogP contribution in [-0.2, 0) is 4.79 Å². The summed E-state index contributed by atoms with van der Waals surface area (Å²) in [7, 11) is 1.65. The van der Waals surface area contributed by atoms with Gasteiger partial charge in [0.2, 0.25) is 5.91 Å². The third-order valence-corrected chi connectivity index (χ3v) is 5.47. The lowest BCUT2D eigenvalue weighted by atomic mass is 10.0. The number of piperazine rings is 1. The third kappa shape index (κ3) is 5.61. The summed E-state index contributed by atoms with van der Waals surface area (Å²) in [5.74, 6) is 1.37. The molecular formula is C20H24ClFN2O2S. The number of nitrogens with one attached hydrogen (secondary N) is 1. The van der Waals surface area contributed by atoms with E-state index in [0.29, 0.717) is 18.7 Å². The van der Waals surface area contributed by atoms with E-state index in [0.717, 1.165) is 29.3 Å². The Morgan fingerprint density at radius 3 is 2.74 bits per heavy atom. The summed E-state index contributed by atoms with van der Waals surface area (Å²) in [6, 6.07) is 14.2. The molecule has 0 aromatic heterocycles. The van der Waals surface area contributed by atoms with Crippen molar-refractivity contribution in [2.45, 2.75) is 17.4 Å². The molecule has 0 radical (unpaired) electrons. The Kier molecular flexibility index (Phi) is 8.41. The maximum Gasteiger partial charge on any atom is 0.224 e. The number of thioether (sulfide) groups is 1. The highest BCUT2D eigenvalue weighted by Crippen LogP contribution is 2.31. The van der Waals surface area contributed by atoms with Crippen LogP contribution in [0.4, 0.5) is 4.39 Å². The zero-order valence-electron chi connectivity index (χ0n) is 15.2. The molecule has 2 aromatic carbocycles. The summed E-state index contributed by atoms with van der Waals surface area (Å²) >= 11 is 1.57. The van der Waals surface area contributed by atoms with Crippen LogP contribution in [0.3, 0.4) is 0 Å². The molecule has 1 aliphatic heterocycles. The van der Waals surface area contributed by atoms with Crippen molar-refractivity contribution in [2.24, 2.45) is 0 Å². The predicted octanol–water partition coefficient (Wildman–Crippen LogP) is 3.91. The van der Waals surface area contributed by atoms with Crippen molar-refractivity contribution in [3.05, 3.63) is 59.9 Å². The number of hydrogen-bond donors (Lipinski definition) is 1. The van der Waals surface area contributed by atoms with Crippen LogP contribution >= 0.6 is 24.2 Å². The Morgan fingerprint density at radius 1 is 1.26 bits per heavy atom. The molecule has 1 amide bonds. The number of hydrogen-bond acceptors (Lipinski definition) is 4. The Balaban J connectivity index is 0.00000261. The molecule has 4 nitrogen and oxygen atoms in total. The second-order valence-electron chi connectivity index (χ2n) is 6.10. The van der Waals surface area contributed by atoms with Gasteiger partial charge in [0.25, 0.3) is 0 Å². The predicted molar refractivity (Wildman–Crippen MR) is 109 cm³/mol. The average Bonchev–Trinajstić information content (AvgIpc) is 2.69. The van der Waals surface area contributed by atoms with E-state index in [4.69, 9.17) is 4.74 Å². The summed E-state index contributed by atoms with van der Waals surface area (Å²) in [4.78, 5) is 15.7. The van der Waals surface area contributed by atoms with Crippen LogP contribution < -0.4 is 10.1 Å². The van der Waals surface area contributed by atoms with Gasteiger partial charge in [-0.1, -0.05) is 18.2 Å². The van der Waals surface area contributed by atoms with Crippen LogP contribution in [0, 0.1) is 5.82 Å². The first-order valence-electron chi connectivity index (χ1n) is 8.70. The van der Waals surface area contributed by atoms with Gasteiger partial charge in [0, 0.05) is 42.3 Å². The molecule has 1 aliphatic rings. The maximum absolute atomic E-state index is 13.0. The van der Waals surface area contributed by atoms with Crippen molar-refractivity contribution >= 4 is 30.1 Å². The lowest BCUT2D eigenvalue weighted by molar-refractivity contribution is -0.134. The van der Waals surface area contributed by atoms with Crippen LogP contribution in [0.5, 0.6) is 5.75 Å². The summed E-state index contributed by atoms with van der Waals surface area (Å²) in [5.41, 5.74) is 1.03. The van der Waals surface area contributed by atoms with E-state index >= 15 is 0 Å². The SMILES string of the molecule is COc1ccccc1C1CNCCN1C(=O)CCSc1ccc(F)cc1.Cl. The summed E-state index contributed by atoms with van der Waals surface area (Å²) in [6.07, 6.45) is 0.452. The topological polar surface area (TPSA) is 41.6 Å². The minimum atomic E-state index is -0.245. The van der Waals surface area contributed by atoms with Crippen molar-refractivity contribution in [1.29, 1.82) is 0 Å². The van der Waals surface area contributed by atoms with Crippen LogP contribution in [0.25, 0.3) is 0 Å². The van der Waals surface area contributed by atoms with Gasteiger partial charge in [-0.2, -0.15) is 0 Å². The van der Waals surface area contributed by atoms with Gasteiger partial charge in [0.05, 0.1) is 13.2 Å². The lowest BCUT2D eigenvalue weighted by Gasteiger charge is -2.37. The Labute approximate surface area is 169 Å². The zero-order valence-corrected chi connectivity index (χ0v) is 16.8. The molecule has 3 rings (SSSR count). The molecule has 1 unspecified atom stereocenters. The Bertz CT molecular complexity index is 745. The minimum absolute atomic E-state index is 0. The fourth-order valence-corrected chi connectivity index (χ4v) is 3.99. The van der Waals surface area contributed by atoms with Gasteiger partial charge >= 0.3 is 0 Å². The van der Waals surface area contributed by atoms with E-state index in [-0.39, 0.29) is 30.2 Å². The van der Waals surface area contributed by atoms with Crippen molar-refractivity contribution in [2.75, 3.05) is 32.5 Å². The third-order valence-electron chi connectivity index (χ3n) is 4.46. The number of amides is 1. The van der Waals surface area contributed by atoms with E-state index in [1.54, 1.807) is 31.0 Å². The Morgan fingerprint density at radius 2 is 2.00 bits per heavy atom. The molecule has 146 valence electrons. The van der Waals surface area contributed by atoms with Gasteiger partial charge in [-0.25, -0.2) is 4.39 Å². The van der Waals surface area contributed by atoms with Gasteiger partial charge in [-0.15, -0.1) is 24.2 Å². The Hall–Kier alpha value is -1.76. The number of methoxy groups -OCH3 is 1. The van der Waals surface area contributed by atoms with Crippen LogP contribution in [0.1, 0.15) is 18.0 Å². The quantitative estimate of drug-likeness (QED) is 0.733. The largest absolute Gasteiger partial charge is 0.496 e. The standard InChI is InChI=1S/C20H23FN2O2S.ClH/c1-25-19-5-3-2-4-17(19)18-14-22-11-12-23(18)20(24)10-13-26-16-8-6-15(21)7-9-16;/h2-9,18,22H,10-14H2,1H3;1H. The van der Waals surface area contributed by atoms with E-state index in [1.807, 2.05) is 29.2 Å². The number of benzene rings is 2. The molecule has 7 heteroatoms. The maximum atomic E-state index is 13.0. The highest BCUT2D eigenvalue weighted by Gasteiger charge is 2.29. The number of rotatable bonds is 6. The second kappa shape index (κ2) is 10.5. The first-order valence-corrected chi connectivity index (χ1v) is 9.69. The average molecular weight is 411 g/mol. The summed E-state index contributed by atoms with van der Waals surface area (Å²) in [5, 5.41) is 3.37. The van der Waals surface area contributed by atoms with Gasteiger partial charge in [0.1, 0.15) is 11.6 Å². The second-order valence-corrected chi connectivity index (χ2v) is 7.27. The fourth-order valence-electron chi connectivity index (χ4n) is 3.15. The number of carbonyl (C=O) groups is 1. The molecule has 2 aromatic rings. The highest BCUT2D eigenvalue weighted by atomic mass is 35.5. The minimum Gasteiger partial charge on any atom is -0.496 e. The molecule has 0 bridgehead atoms. The normalized spacial score (nSPS) is 16.5. The molecular weight excluding hydrogens is 387 g/mol. The molecule has 0 spiro atoms. The van der Waals surface area contributed by atoms with Gasteiger partial charge in [-0.05, 0) is 30.3 Å². The number of nitrogens with zero attached hydrogens (tertiary/aromatic N) is 1. The molecule has 1 atom stereocenters. The van der Waals surface area contributed by atoms with Crippen molar-refractivity contribution < 1.29 is 13.9 Å². The van der Waals surface area contributed by atoms with Crippen molar-refractivity contribution in [3.8, 4) is 5.75 Å². The molecule has 0 aliphatic carbocycles. The van der Waals surface area contributed by atoms with Crippen LogP contribution in [0.2, 0.25) is 0 Å². The number of ether oxygens (including phenoxy) is 1. The zero-order chi connectivity index (χ0) is 18.4. The summed E-state index contributed by atoms with van der Waals surface area (Å²) < 4.78 is 18.4. The lowest BCUT2D eigenvalue weighted by Crippen LogP contribution is -2.48. The molecule has 27 heavy (non-hydrogen) atoms. The fraction of sp³-hybridized carbons (Fsp3) is 0.350. The van der Waals surface area contributed by atoms with Crippen molar-refractivity contribution in [1.82, 2.24) is 10.2 Å². The van der Waals surface area contributed by atoms with E-state index in [2.05, 4.69) is 5.32 Å².